The lowest BCUT2D eigenvalue weighted by Gasteiger charge is -2.35. The third-order valence-electron chi connectivity index (χ3n) is 5.92. The van der Waals surface area contributed by atoms with Gasteiger partial charge in [0.1, 0.15) is 11.1 Å². The summed E-state index contributed by atoms with van der Waals surface area (Å²) in [4.78, 5) is 13.6. The van der Waals surface area contributed by atoms with Crippen LogP contribution >= 0.6 is 30.8 Å². The molecule has 0 aliphatic carbocycles. The second-order valence-corrected chi connectivity index (χ2v) is 12.4. The summed E-state index contributed by atoms with van der Waals surface area (Å²) in [6.45, 7) is 3.24. The Labute approximate surface area is 233 Å². The third-order valence-corrected chi connectivity index (χ3v) is 9.79. The molecule has 1 aromatic heterocycles. The van der Waals surface area contributed by atoms with Crippen LogP contribution in [0.5, 0.6) is 0 Å². The summed E-state index contributed by atoms with van der Waals surface area (Å²) in [5.41, 5.74) is 1.19. The number of nitriles is 1. The van der Waals surface area contributed by atoms with Gasteiger partial charge in [0.25, 0.3) is 19.1 Å². The highest BCUT2D eigenvalue weighted by Crippen LogP contribution is 2.51. The van der Waals surface area contributed by atoms with E-state index in [2.05, 4.69) is 21.6 Å². The number of hydrogen-bond acceptors (Lipinski definition) is 6. The van der Waals surface area contributed by atoms with Crippen molar-refractivity contribution in [3.63, 3.8) is 0 Å². The summed E-state index contributed by atoms with van der Waals surface area (Å²) >= 11 is 6.39. The Morgan fingerprint density at radius 3 is 2.49 bits per heavy atom. The molecule has 2 N–H and O–H groups in total. The Balaban J connectivity index is 1.78. The number of nitrogens with zero attached hydrogens (tertiary/aromatic N) is 4. The van der Waals surface area contributed by atoms with Crippen LogP contribution in [0.1, 0.15) is 22.5 Å². The van der Waals surface area contributed by atoms with Crippen molar-refractivity contribution in [1.29, 1.82) is 5.26 Å². The first-order valence-electron chi connectivity index (χ1n) is 12.0. The van der Waals surface area contributed by atoms with E-state index in [1.807, 2.05) is 0 Å². The van der Waals surface area contributed by atoms with Crippen LogP contribution in [0.25, 0.3) is 0 Å². The molecule has 1 aliphatic rings. The van der Waals surface area contributed by atoms with Crippen LogP contribution in [0, 0.1) is 18.3 Å². The molecule has 1 saturated heterocycles. The largest absolute Gasteiger partial charge is 0.379 e. The van der Waals surface area contributed by atoms with E-state index in [1.165, 1.54) is 16.8 Å². The van der Waals surface area contributed by atoms with Gasteiger partial charge in [-0.15, -0.1) is 0 Å². The highest BCUT2D eigenvalue weighted by molar-refractivity contribution is 7.99. The number of carbonyl (C=O) groups is 1. The Hall–Kier alpha value is -2.94. The smallest absolute Gasteiger partial charge is 0.288 e. The number of halogens is 3. The van der Waals surface area contributed by atoms with Crippen LogP contribution < -0.4 is 15.7 Å². The molecule has 39 heavy (non-hydrogen) atoms. The minimum atomic E-state index is -3.71. The van der Waals surface area contributed by atoms with Gasteiger partial charge in [-0.2, -0.15) is 19.1 Å². The van der Waals surface area contributed by atoms with Gasteiger partial charge >= 0.3 is 0 Å². The van der Waals surface area contributed by atoms with Gasteiger partial charge in [-0.05, 0) is 55.5 Å². The topological polar surface area (TPSA) is 112 Å². The van der Waals surface area contributed by atoms with E-state index in [4.69, 9.17) is 16.3 Å². The first-order valence-corrected chi connectivity index (χ1v) is 14.9. The van der Waals surface area contributed by atoms with Crippen LogP contribution in [-0.4, -0.2) is 52.4 Å². The van der Waals surface area contributed by atoms with Gasteiger partial charge in [0, 0.05) is 34.3 Å². The molecule has 0 spiro atoms. The van der Waals surface area contributed by atoms with Gasteiger partial charge in [0.05, 0.1) is 37.9 Å². The van der Waals surface area contributed by atoms with Crippen molar-refractivity contribution >= 4 is 53.5 Å². The first-order chi connectivity index (χ1) is 18.7. The van der Waals surface area contributed by atoms with Crippen molar-refractivity contribution in [2.24, 2.45) is 0 Å². The number of morpholine rings is 1. The fourth-order valence-electron chi connectivity index (χ4n) is 4.15. The lowest BCUT2D eigenvalue weighted by molar-refractivity contribution is 0.0729. The quantitative estimate of drug-likeness (QED) is 0.231. The lowest BCUT2D eigenvalue weighted by Crippen LogP contribution is -2.40. The van der Waals surface area contributed by atoms with Crippen molar-refractivity contribution < 1.29 is 22.9 Å². The number of anilines is 2. The average molecular weight is 595 g/mol. The third kappa shape index (κ3) is 6.99. The monoisotopic (exact) mass is 594 g/mol. The molecule has 0 bridgehead atoms. The number of aromatic nitrogens is 2. The molecule has 9 nitrogen and oxygen atoms in total. The number of alkyl halides is 2. The molecule has 1 atom stereocenters. The number of carbonyl (C=O) groups excluding carboxylic acids is 1. The lowest BCUT2D eigenvalue weighted by atomic mass is 10.2. The van der Waals surface area contributed by atoms with Crippen LogP contribution in [0.3, 0.4) is 0 Å². The highest BCUT2D eigenvalue weighted by atomic mass is 35.5. The fraction of sp³-hybridized carbons (Fsp3) is 0.320. The Bertz CT molecular complexity index is 1390. The zero-order valence-corrected chi connectivity index (χ0v) is 23.4. The minimum Gasteiger partial charge on any atom is -0.379 e. The van der Waals surface area contributed by atoms with Gasteiger partial charge in [0.15, 0.2) is 0 Å². The van der Waals surface area contributed by atoms with Crippen LogP contribution in [0.15, 0.2) is 53.4 Å². The number of rotatable bonds is 10. The van der Waals surface area contributed by atoms with E-state index in [9.17, 15) is 18.8 Å². The predicted octanol–water partition coefficient (Wildman–Crippen LogP) is 5.59. The molecule has 14 heteroatoms. The molecule has 206 valence electrons. The summed E-state index contributed by atoms with van der Waals surface area (Å²) in [5, 5.41) is 20.5. The van der Waals surface area contributed by atoms with Crippen LogP contribution in [0.4, 0.5) is 20.3 Å². The van der Waals surface area contributed by atoms with E-state index < -0.39 is 19.1 Å². The van der Waals surface area contributed by atoms with E-state index in [-0.39, 0.29) is 24.1 Å². The molecule has 3 aromatic rings. The summed E-state index contributed by atoms with van der Waals surface area (Å²) < 4.78 is 49.3. The zero-order chi connectivity index (χ0) is 28.0. The SMILES string of the molecule is Cc1nn(CCC#N)c(NC(=O)c2ccc(Cl)cc2)c1P(=O)(Nc1ccc(SC(F)F)cc1)N1CCOCC1. The number of thioether (sulfide) groups is 1. The van der Waals surface area contributed by atoms with E-state index in [1.54, 1.807) is 48.0 Å². The van der Waals surface area contributed by atoms with E-state index in [0.717, 1.165) is 0 Å². The van der Waals surface area contributed by atoms with Gasteiger partial charge in [-0.25, -0.2) is 9.35 Å². The Kier molecular flexibility index (Phi) is 9.64. The summed E-state index contributed by atoms with van der Waals surface area (Å²) in [6.07, 6.45) is 0.114. The normalized spacial score (nSPS) is 15.5. The molecule has 1 unspecified atom stereocenters. The molecule has 2 heterocycles. The number of nitrogens with one attached hydrogen (secondary N) is 2. The number of aryl methyl sites for hydroxylation is 2. The zero-order valence-electron chi connectivity index (χ0n) is 20.9. The second-order valence-electron chi connectivity index (χ2n) is 8.53. The maximum Gasteiger partial charge on any atom is 0.288 e. The molecule has 1 amide bonds. The fourth-order valence-corrected chi connectivity index (χ4v) is 7.48. The van der Waals surface area contributed by atoms with Gasteiger partial charge in [-0.3, -0.25) is 9.36 Å². The van der Waals surface area contributed by atoms with Crippen molar-refractivity contribution in [1.82, 2.24) is 14.5 Å². The van der Waals surface area contributed by atoms with Gasteiger partial charge in [-0.1, -0.05) is 23.4 Å². The average Bonchev–Trinajstić information content (AvgIpc) is 3.23. The van der Waals surface area contributed by atoms with Crippen molar-refractivity contribution in [2.75, 3.05) is 36.7 Å². The summed E-state index contributed by atoms with van der Waals surface area (Å²) in [5.74, 6) is -2.82. The van der Waals surface area contributed by atoms with Crippen molar-refractivity contribution in [3.8, 4) is 6.07 Å². The van der Waals surface area contributed by atoms with Crippen LogP contribution in [0.2, 0.25) is 5.02 Å². The van der Waals surface area contributed by atoms with E-state index >= 15 is 4.57 Å². The van der Waals surface area contributed by atoms with Gasteiger partial charge < -0.3 is 15.1 Å². The number of hydrogen-bond donors (Lipinski definition) is 2. The highest BCUT2D eigenvalue weighted by Gasteiger charge is 2.40. The Morgan fingerprint density at radius 2 is 1.87 bits per heavy atom. The molecule has 1 aliphatic heterocycles. The number of ether oxygens (including phenoxy) is 1. The maximum atomic E-state index is 15.0. The van der Waals surface area contributed by atoms with Crippen molar-refractivity contribution in [3.05, 3.63) is 64.8 Å². The molecule has 4 rings (SSSR count). The molecule has 2 aromatic carbocycles. The molecule has 0 saturated carbocycles. The predicted molar refractivity (Wildman–Crippen MR) is 148 cm³/mol. The number of amides is 1. The number of benzene rings is 2. The maximum absolute atomic E-state index is 15.0. The molecular formula is C25H26ClF2N6O3PS. The van der Waals surface area contributed by atoms with Crippen molar-refractivity contribution in [2.45, 2.75) is 30.5 Å². The Morgan fingerprint density at radius 1 is 1.21 bits per heavy atom. The second kappa shape index (κ2) is 12.9. The molecule has 1 fully saturated rings. The minimum absolute atomic E-state index is 0.114. The van der Waals surface area contributed by atoms with E-state index in [0.29, 0.717) is 64.9 Å². The first kappa shape index (κ1) is 29.1. The molecular weight excluding hydrogens is 569 g/mol. The summed E-state index contributed by atoms with van der Waals surface area (Å²) in [6, 6.07) is 14.6. The van der Waals surface area contributed by atoms with Crippen LogP contribution in [-0.2, 0) is 15.8 Å². The standard InChI is InChI=1S/C25H26ClF2N6O3PS/c1-17-22(23(34(31-17)12-2-11-29)30-24(35)18-3-5-19(26)6-4-18)38(36,33-13-15-37-16-14-33)32-20-7-9-21(10-8-20)39-25(27)28/h3-10,25H,2,12-16H2,1H3,(H,30,35)(H,32,36). The van der Waals surface area contributed by atoms with Gasteiger partial charge in [0.2, 0.25) is 0 Å². The molecule has 0 radical (unpaired) electrons. The summed E-state index contributed by atoms with van der Waals surface area (Å²) in [7, 11) is -3.71.